The van der Waals surface area contributed by atoms with Gasteiger partial charge in [-0.15, -0.1) is 0 Å². The summed E-state index contributed by atoms with van der Waals surface area (Å²) in [5, 5.41) is 8.31. The first-order valence-electron chi connectivity index (χ1n) is 2.89. The molecular weight excluding hydrogens is 152 g/mol. The molecule has 6 nitrogen and oxygen atoms in total. The minimum absolute atomic E-state index is 0.912. The van der Waals surface area contributed by atoms with E-state index in [2.05, 4.69) is 10.5 Å². The van der Waals surface area contributed by atoms with E-state index >= 15 is 0 Å². The van der Waals surface area contributed by atoms with Crippen LogP contribution >= 0.6 is 0 Å². The minimum atomic E-state index is -1.24. The van der Waals surface area contributed by atoms with E-state index in [1.807, 2.05) is 0 Å². The number of ether oxygens (including phenoxy) is 1. The molecule has 2 atom stereocenters. The number of rotatable bonds is 3. The molecule has 2 unspecified atom stereocenters. The summed E-state index contributed by atoms with van der Waals surface area (Å²) in [5.41, 5.74) is 9.70. The summed E-state index contributed by atoms with van der Waals surface area (Å²) in [4.78, 5) is 20.3. The molecule has 0 aliphatic rings. The zero-order valence-electron chi connectivity index (χ0n) is 5.98. The zero-order chi connectivity index (χ0) is 9.02. The Kier molecular flexibility index (Phi) is 3.32. The number of carbonyl (C=O) groups is 2. The van der Waals surface area contributed by atoms with Gasteiger partial charge in [0.05, 0.1) is 0 Å². The fourth-order valence-corrected chi connectivity index (χ4v) is 0.457. The number of nitrogens with two attached hydrogens (primary N) is 2. The van der Waals surface area contributed by atoms with Crippen LogP contribution in [0.15, 0.2) is 0 Å². The summed E-state index contributed by atoms with van der Waals surface area (Å²) in [6.07, 6.45) is -1.95. The van der Waals surface area contributed by atoms with Crippen LogP contribution in [0.5, 0.6) is 0 Å². The summed E-state index contributed by atoms with van der Waals surface area (Å²) in [6.45, 7) is 1.35. The molecule has 0 rings (SSSR count). The number of hydrogen-bond acceptors (Lipinski definition) is 4. The molecule has 0 aromatic carbocycles. The Hall–Kier alpha value is -1.30. The Bertz CT molecular complexity index is 170. The summed E-state index contributed by atoms with van der Waals surface area (Å²) < 4.78 is 4.31. The monoisotopic (exact) mass is 162 g/mol. The lowest BCUT2D eigenvalue weighted by Crippen LogP contribution is -2.43. The molecule has 11 heavy (non-hydrogen) atoms. The number of carboxylic acid groups (broad SMARTS) is 1. The first-order chi connectivity index (χ1) is 4.95. The average Bonchev–Trinajstić information content (AvgIpc) is 1.84. The van der Waals surface area contributed by atoms with Gasteiger partial charge < -0.3 is 21.3 Å². The van der Waals surface area contributed by atoms with Crippen LogP contribution in [0.1, 0.15) is 6.92 Å². The van der Waals surface area contributed by atoms with Gasteiger partial charge in [-0.25, -0.2) is 4.79 Å². The highest BCUT2D eigenvalue weighted by atomic mass is 16.6. The highest BCUT2D eigenvalue weighted by molar-refractivity contribution is 5.74. The average molecular weight is 162 g/mol. The Morgan fingerprint density at radius 1 is 1.55 bits per heavy atom. The van der Waals surface area contributed by atoms with Crippen molar-refractivity contribution < 1.29 is 19.4 Å². The van der Waals surface area contributed by atoms with E-state index in [-0.39, 0.29) is 0 Å². The summed E-state index contributed by atoms with van der Waals surface area (Å²) in [5.74, 6) is -1.24. The molecule has 0 spiro atoms. The van der Waals surface area contributed by atoms with Crippen LogP contribution in [0.3, 0.4) is 0 Å². The van der Waals surface area contributed by atoms with Crippen LogP contribution in [-0.4, -0.2) is 29.3 Å². The smallest absolute Gasteiger partial charge is 0.404 e. The second kappa shape index (κ2) is 3.77. The maximum atomic E-state index is 10.2. The number of primary amides is 1. The fraction of sp³-hybridized carbons (Fsp3) is 0.600. The topological polar surface area (TPSA) is 116 Å². The summed E-state index contributed by atoms with van der Waals surface area (Å²) in [7, 11) is 0. The van der Waals surface area contributed by atoms with E-state index in [0.717, 1.165) is 0 Å². The van der Waals surface area contributed by atoms with E-state index < -0.39 is 24.2 Å². The second-order valence-electron chi connectivity index (χ2n) is 2.01. The fourth-order valence-electron chi connectivity index (χ4n) is 0.457. The van der Waals surface area contributed by atoms with Crippen molar-refractivity contribution in [1.29, 1.82) is 0 Å². The van der Waals surface area contributed by atoms with Gasteiger partial charge in [-0.1, -0.05) is 0 Å². The van der Waals surface area contributed by atoms with E-state index in [0.29, 0.717) is 0 Å². The van der Waals surface area contributed by atoms with Crippen molar-refractivity contribution in [3.8, 4) is 0 Å². The van der Waals surface area contributed by atoms with Crippen molar-refractivity contribution in [1.82, 2.24) is 0 Å². The van der Waals surface area contributed by atoms with Crippen molar-refractivity contribution >= 4 is 12.1 Å². The number of amides is 1. The number of carbonyl (C=O) groups excluding carboxylic acids is 1. The molecule has 5 N–H and O–H groups in total. The predicted molar refractivity (Wildman–Crippen MR) is 35.7 cm³/mol. The van der Waals surface area contributed by atoms with Gasteiger partial charge in [0.25, 0.3) is 0 Å². The lowest BCUT2D eigenvalue weighted by Gasteiger charge is -2.14. The third-order valence-electron chi connectivity index (χ3n) is 1.09. The van der Waals surface area contributed by atoms with E-state index in [1.165, 1.54) is 6.92 Å². The molecule has 1 amide bonds. The number of aliphatic carboxylic acids is 1. The molecule has 0 radical (unpaired) electrons. The maximum Gasteiger partial charge on any atom is 0.404 e. The first kappa shape index (κ1) is 9.70. The van der Waals surface area contributed by atoms with E-state index in [4.69, 9.17) is 10.8 Å². The highest BCUT2D eigenvalue weighted by Gasteiger charge is 2.22. The lowest BCUT2D eigenvalue weighted by molar-refractivity contribution is -0.140. The van der Waals surface area contributed by atoms with E-state index in [9.17, 15) is 9.59 Å². The number of carboxylic acids is 1. The third-order valence-corrected chi connectivity index (χ3v) is 1.09. The molecule has 6 heteroatoms. The van der Waals surface area contributed by atoms with Crippen molar-refractivity contribution in [3.05, 3.63) is 0 Å². The van der Waals surface area contributed by atoms with Crippen molar-refractivity contribution in [3.63, 3.8) is 0 Å². The molecule has 0 saturated carbocycles. The second-order valence-corrected chi connectivity index (χ2v) is 2.01. The van der Waals surface area contributed by atoms with Crippen molar-refractivity contribution in [2.24, 2.45) is 11.5 Å². The normalized spacial score (nSPS) is 15.1. The Morgan fingerprint density at radius 2 is 2.00 bits per heavy atom. The van der Waals surface area contributed by atoms with Crippen LogP contribution in [0.25, 0.3) is 0 Å². The lowest BCUT2D eigenvalue weighted by atomic mass is 10.2. The maximum absolute atomic E-state index is 10.2. The van der Waals surface area contributed by atoms with Crippen LogP contribution in [0, 0.1) is 0 Å². The largest absolute Gasteiger partial charge is 0.480 e. The van der Waals surface area contributed by atoms with Gasteiger partial charge in [0.1, 0.15) is 12.1 Å². The minimum Gasteiger partial charge on any atom is -0.480 e. The molecule has 0 aliphatic heterocycles. The van der Waals surface area contributed by atoms with Gasteiger partial charge in [-0.2, -0.15) is 0 Å². The van der Waals surface area contributed by atoms with Gasteiger partial charge in [-0.3, -0.25) is 4.79 Å². The van der Waals surface area contributed by atoms with Gasteiger partial charge in [0.2, 0.25) is 0 Å². The SMILES string of the molecule is CC(OC(N)=O)C(N)C(=O)O. The standard InChI is InChI=1S/C5H10N2O4/c1-2(11-5(7)10)3(6)4(8)9/h2-3H,6H2,1H3,(H2,7,10)(H,8,9). The molecule has 0 bridgehead atoms. The summed E-state index contributed by atoms with van der Waals surface area (Å²) in [6, 6.07) is -1.23. The molecule has 0 aliphatic carbocycles. The summed E-state index contributed by atoms with van der Waals surface area (Å²) >= 11 is 0. The van der Waals surface area contributed by atoms with Crippen LogP contribution in [-0.2, 0) is 9.53 Å². The quantitative estimate of drug-likeness (QED) is 0.486. The molecule has 0 saturated heterocycles. The highest BCUT2D eigenvalue weighted by Crippen LogP contribution is 1.95. The van der Waals surface area contributed by atoms with Crippen LogP contribution in [0.2, 0.25) is 0 Å². The van der Waals surface area contributed by atoms with Crippen LogP contribution < -0.4 is 11.5 Å². The van der Waals surface area contributed by atoms with Crippen molar-refractivity contribution in [2.45, 2.75) is 19.1 Å². The Morgan fingerprint density at radius 3 is 2.27 bits per heavy atom. The first-order valence-corrected chi connectivity index (χ1v) is 2.89. The van der Waals surface area contributed by atoms with Gasteiger partial charge in [-0.05, 0) is 6.92 Å². The van der Waals surface area contributed by atoms with E-state index in [1.54, 1.807) is 0 Å². The molecule has 0 fully saturated rings. The molecular formula is C5H10N2O4. The van der Waals surface area contributed by atoms with Gasteiger partial charge in [0.15, 0.2) is 0 Å². The van der Waals surface area contributed by atoms with Crippen LogP contribution in [0.4, 0.5) is 4.79 Å². The third kappa shape index (κ3) is 3.41. The molecule has 0 aromatic rings. The molecule has 0 heterocycles. The molecule has 64 valence electrons. The Balaban J connectivity index is 3.92. The van der Waals surface area contributed by atoms with Crippen molar-refractivity contribution in [2.75, 3.05) is 0 Å². The Labute approximate surface area is 63.1 Å². The van der Waals surface area contributed by atoms with Gasteiger partial charge in [0, 0.05) is 0 Å². The van der Waals surface area contributed by atoms with Gasteiger partial charge >= 0.3 is 12.1 Å². The number of hydrogen-bond donors (Lipinski definition) is 3. The molecule has 0 aromatic heterocycles. The predicted octanol–water partition coefficient (Wildman–Crippen LogP) is -1.12. The zero-order valence-corrected chi connectivity index (χ0v) is 5.98.